The van der Waals surface area contributed by atoms with Gasteiger partial charge in [-0.05, 0) is 68.2 Å². The first kappa shape index (κ1) is 23.6. The van der Waals surface area contributed by atoms with E-state index < -0.39 is 5.41 Å². The van der Waals surface area contributed by atoms with Gasteiger partial charge in [-0.15, -0.1) is 0 Å². The predicted molar refractivity (Wildman–Crippen MR) is 128 cm³/mol. The Morgan fingerprint density at radius 1 is 1.06 bits per heavy atom. The molecule has 32 heavy (non-hydrogen) atoms. The van der Waals surface area contributed by atoms with Crippen molar-refractivity contribution >= 4 is 29.1 Å². The maximum absolute atomic E-state index is 13.9. The molecule has 2 aromatic rings. The maximum Gasteiger partial charge on any atom is 0.233 e. The van der Waals surface area contributed by atoms with E-state index in [2.05, 4.69) is 12.1 Å². The van der Waals surface area contributed by atoms with Gasteiger partial charge in [0.2, 0.25) is 5.91 Å². The lowest BCUT2D eigenvalue weighted by molar-refractivity contribution is -0.163. The van der Waals surface area contributed by atoms with Crippen molar-refractivity contribution in [3.63, 3.8) is 0 Å². The van der Waals surface area contributed by atoms with Crippen LogP contribution in [0.15, 0.2) is 48.5 Å². The molecule has 2 aromatic carbocycles. The summed E-state index contributed by atoms with van der Waals surface area (Å²) in [6.07, 6.45) is 6.33. The van der Waals surface area contributed by atoms with Crippen molar-refractivity contribution in [3.05, 3.63) is 69.7 Å². The highest BCUT2D eigenvalue weighted by molar-refractivity contribution is 6.42. The molecule has 2 aliphatic heterocycles. The topological polar surface area (TPSA) is 38.8 Å². The van der Waals surface area contributed by atoms with Gasteiger partial charge >= 0.3 is 0 Å². The number of piperidine rings is 1. The van der Waals surface area contributed by atoms with Crippen molar-refractivity contribution in [1.29, 1.82) is 0 Å². The molecule has 2 saturated heterocycles. The van der Waals surface area contributed by atoms with E-state index >= 15 is 0 Å². The Hall–Kier alpha value is -1.59. The summed E-state index contributed by atoms with van der Waals surface area (Å²) >= 11 is 12.6. The molecule has 0 spiro atoms. The fourth-order valence-electron chi connectivity index (χ4n) is 4.91. The average molecular weight is 476 g/mol. The van der Waals surface area contributed by atoms with Crippen LogP contribution in [0, 0.1) is 0 Å². The molecule has 0 aromatic heterocycles. The fourth-order valence-corrected chi connectivity index (χ4v) is 5.20. The molecular weight excluding hydrogens is 445 g/mol. The fraction of sp³-hybridized carbons (Fsp3) is 0.500. The number of amides is 1. The quantitative estimate of drug-likeness (QED) is 0.415. The second-order valence-corrected chi connectivity index (χ2v) is 9.61. The minimum absolute atomic E-state index is 0.110. The number of halogens is 2. The number of hydrogen-bond acceptors (Lipinski definition) is 3. The van der Waals surface area contributed by atoms with Crippen LogP contribution in [0.3, 0.4) is 0 Å². The molecule has 4 nitrogen and oxygen atoms in total. The summed E-state index contributed by atoms with van der Waals surface area (Å²) in [5.41, 5.74) is 1.48. The summed E-state index contributed by atoms with van der Waals surface area (Å²) in [6.45, 7) is 2.74. The van der Waals surface area contributed by atoms with Gasteiger partial charge in [-0.3, -0.25) is 4.79 Å². The highest BCUT2D eigenvalue weighted by Crippen LogP contribution is 2.41. The molecule has 1 amide bonds. The van der Waals surface area contributed by atoms with Crippen LogP contribution in [-0.4, -0.2) is 36.9 Å². The third kappa shape index (κ3) is 5.48. The van der Waals surface area contributed by atoms with E-state index in [1.807, 2.05) is 35.2 Å². The molecule has 2 aliphatic rings. The van der Waals surface area contributed by atoms with Crippen LogP contribution >= 0.6 is 23.2 Å². The molecule has 172 valence electrons. The summed E-state index contributed by atoms with van der Waals surface area (Å²) in [6, 6.07) is 15.8. The monoisotopic (exact) mass is 475 g/mol. The van der Waals surface area contributed by atoms with Crippen LogP contribution in [-0.2, 0) is 26.2 Å². The van der Waals surface area contributed by atoms with Crippen molar-refractivity contribution in [1.82, 2.24) is 4.90 Å². The molecule has 2 fully saturated rings. The zero-order valence-electron chi connectivity index (χ0n) is 18.4. The first-order valence-electron chi connectivity index (χ1n) is 11.6. The highest BCUT2D eigenvalue weighted by Gasteiger charge is 2.45. The van der Waals surface area contributed by atoms with E-state index in [1.165, 1.54) is 0 Å². The highest BCUT2D eigenvalue weighted by atomic mass is 35.5. The molecule has 0 bridgehead atoms. The van der Waals surface area contributed by atoms with E-state index in [-0.39, 0.29) is 12.2 Å². The summed E-state index contributed by atoms with van der Waals surface area (Å²) in [5, 5.41) is 0.996. The van der Waals surface area contributed by atoms with Crippen molar-refractivity contribution in [3.8, 4) is 0 Å². The second-order valence-electron chi connectivity index (χ2n) is 8.80. The number of ether oxygens (including phenoxy) is 2. The molecule has 2 atom stereocenters. The molecule has 2 heterocycles. The summed E-state index contributed by atoms with van der Waals surface area (Å²) in [7, 11) is 0. The van der Waals surface area contributed by atoms with Crippen molar-refractivity contribution in [2.24, 2.45) is 0 Å². The van der Waals surface area contributed by atoms with Crippen LogP contribution in [0.2, 0.25) is 10.0 Å². The maximum atomic E-state index is 13.9. The predicted octanol–water partition coefficient (Wildman–Crippen LogP) is 6.38. The lowest BCUT2D eigenvalue weighted by Gasteiger charge is -2.42. The number of nitrogens with zero attached hydrogens (tertiary/aromatic N) is 1. The third-order valence-corrected chi connectivity index (χ3v) is 7.35. The minimum atomic E-state index is -0.613. The van der Waals surface area contributed by atoms with Crippen LogP contribution in [0.1, 0.15) is 56.1 Å². The Morgan fingerprint density at radius 3 is 2.66 bits per heavy atom. The van der Waals surface area contributed by atoms with Gasteiger partial charge in [0, 0.05) is 26.3 Å². The van der Waals surface area contributed by atoms with E-state index in [9.17, 15) is 4.79 Å². The van der Waals surface area contributed by atoms with E-state index in [0.29, 0.717) is 29.6 Å². The van der Waals surface area contributed by atoms with Gasteiger partial charge in [-0.25, -0.2) is 0 Å². The van der Waals surface area contributed by atoms with E-state index in [1.54, 1.807) is 6.07 Å². The number of carbonyl (C=O) groups excluding carboxylic acids is 1. The zero-order chi connectivity index (χ0) is 22.4. The van der Waals surface area contributed by atoms with E-state index in [4.69, 9.17) is 32.7 Å². The molecule has 6 heteroatoms. The smallest absolute Gasteiger partial charge is 0.233 e. The molecule has 0 saturated carbocycles. The summed E-state index contributed by atoms with van der Waals surface area (Å²) in [5.74, 6) is 0.167. The molecule has 2 unspecified atom stereocenters. The third-order valence-electron chi connectivity index (χ3n) is 6.61. The number of hydrogen-bond donors (Lipinski definition) is 0. The van der Waals surface area contributed by atoms with Gasteiger partial charge in [-0.2, -0.15) is 0 Å². The van der Waals surface area contributed by atoms with Crippen LogP contribution in [0.4, 0.5) is 0 Å². The molecule has 0 aliphatic carbocycles. The average Bonchev–Trinajstić information content (AvgIpc) is 2.82. The SMILES string of the molecule is O=C1N(Cc2ccccc2)CCCC1(CCCOC1CCCCO1)c1ccc(Cl)c(Cl)c1. The molecule has 4 rings (SSSR count). The second kappa shape index (κ2) is 11.0. The van der Waals surface area contributed by atoms with Gasteiger partial charge in [0.25, 0.3) is 0 Å². The van der Waals surface area contributed by atoms with Gasteiger partial charge in [0.1, 0.15) is 0 Å². The van der Waals surface area contributed by atoms with Gasteiger partial charge in [0.05, 0.1) is 15.5 Å². The molecular formula is C26H31Cl2NO3. The Balaban J connectivity index is 1.52. The number of rotatable bonds is 8. The normalized spacial score (nSPS) is 24.0. The summed E-state index contributed by atoms with van der Waals surface area (Å²) in [4.78, 5) is 15.9. The Morgan fingerprint density at radius 2 is 1.91 bits per heavy atom. The van der Waals surface area contributed by atoms with Crippen LogP contribution in [0.25, 0.3) is 0 Å². The lowest BCUT2D eigenvalue weighted by atomic mass is 9.70. The standard InChI is InChI=1S/C26H31Cl2NO3/c27-22-12-11-21(18-23(22)28)26(14-7-17-32-24-10-4-5-16-31-24)13-6-15-29(25(26)30)19-20-8-2-1-3-9-20/h1-3,8-9,11-12,18,24H,4-7,10,13-17,19H2. The zero-order valence-corrected chi connectivity index (χ0v) is 19.9. The summed E-state index contributed by atoms with van der Waals surface area (Å²) < 4.78 is 11.6. The van der Waals surface area contributed by atoms with Gasteiger partial charge in [0.15, 0.2) is 6.29 Å². The first-order chi connectivity index (χ1) is 15.6. The minimum Gasteiger partial charge on any atom is -0.353 e. The van der Waals surface area contributed by atoms with Gasteiger partial charge < -0.3 is 14.4 Å². The van der Waals surface area contributed by atoms with Crippen molar-refractivity contribution in [2.75, 3.05) is 19.8 Å². The molecule has 0 radical (unpaired) electrons. The Labute approximate surface area is 200 Å². The Kier molecular flexibility index (Phi) is 8.12. The van der Waals surface area contributed by atoms with Gasteiger partial charge in [-0.1, -0.05) is 59.6 Å². The number of likely N-dealkylation sites (tertiary alicyclic amines) is 1. The van der Waals surface area contributed by atoms with Crippen molar-refractivity contribution in [2.45, 2.75) is 63.2 Å². The van der Waals surface area contributed by atoms with Crippen LogP contribution in [0.5, 0.6) is 0 Å². The largest absolute Gasteiger partial charge is 0.353 e. The Bertz CT molecular complexity index is 901. The first-order valence-corrected chi connectivity index (χ1v) is 12.4. The number of carbonyl (C=O) groups is 1. The van der Waals surface area contributed by atoms with E-state index in [0.717, 1.165) is 62.8 Å². The van der Waals surface area contributed by atoms with Crippen molar-refractivity contribution < 1.29 is 14.3 Å². The molecule has 0 N–H and O–H groups in total. The lowest BCUT2D eigenvalue weighted by Crippen LogP contribution is -2.51. The van der Waals surface area contributed by atoms with Crippen LogP contribution < -0.4 is 0 Å². The number of benzene rings is 2.